The molecule has 0 atom stereocenters. The van der Waals surface area contributed by atoms with Crippen LogP contribution in [0.1, 0.15) is 15.9 Å². The first-order valence-corrected chi connectivity index (χ1v) is 10.4. The summed E-state index contributed by atoms with van der Waals surface area (Å²) < 4.78 is 33.3. The van der Waals surface area contributed by atoms with E-state index in [1.165, 1.54) is 25.3 Å². The van der Waals surface area contributed by atoms with Crippen molar-refractivity contribution in [2.24, 2.45) is 0 Å². The van der Waals surface area contributed by atoms with E-state index >= 15 is 0 Å². The second kappa shape index (κ2) is 8.93. The van der Waals surface area contributed by atoms with Gasteiger partial charge in [0.05, 0.1) is 18.4 Å². The molecule has 9 heteroatoms. The third-order valence-corrected chi connectivity index (χ3v) is 5.69. The number of nitrogens with zero attached hydrogens (tertiary/aromatic N) is 1. The molecule has 0 saturated carbocycles. The monoisotopic (exact) mass is 431 g/mol. The summed E-state index contributed by atoms with van der Waals surface area (Å²) in [5.74, 6) is -0.631. The van der Waals surface area contributed by atoms with Crippen LogP contribution >= 0.6 is 11.6 Å². The fourth-order valence-electron chi connectivity index (χ4n) is 2.56. The lowest BCUT2D eigenvalue weighted by molar-refractivity contribution is 0.0600. The van der Waals surface area contributed by atoms with E-state index in [2.05, 4.69) is 15.0 Å². The molecule has 0 aliphatic carbocycles. The Bertz CT molecular complexity index is 1100. The van der Waals surface area contributed by atoms with Crippen molar-refractivity contribution in [3.63, 3.8) is 0 Å². The number of halogens is 1. The molecule has 0 aliphatic rings. The van der Waals surface area contributed by atoms with Crippen LogP contribution < -0.4 is 10.0 Å². The summed E-state index contributed by atoms with van der Waals surface area (Å²) >= 11 is 5.85. The number of esters is 1. The number of rotatable bonds is 7. The molecule has 29 heavy (non-hydrogen) atoms. The Labute approximate surface area is 173 Å². The normalized spacial score (nSPS) is 11.0. The summed E-state index contributed by atoms with van der Waals surface area (Å²) in [4.78, 5) is 15.8. The minimum absolute atomic E-state index is 0.0793. The molecular formula is C20H18ClN3O4S. The highest BCUT2D eigenvalue weighted by Gasteiger charge is 2.21. The number of benzene rings is 2. The van der Waals surface area contributed by atoms with Crippen LogP contribution in [0.15, 0.2) is 71.9 Å². The first kappa shape index (κ1) is 20.6. The van der Waals surface area contributed by atoms with Crippen LogP contribution in [0.2, 0.25) is 5.02 Å². The van der Waals surface area contributed by atoms with Crippen LogP contribution in [0.5, 0.6) is 0 Å². The number of pyridine rings is 1. The Hall–Kier alpha value is -3.10. The Morgan fingerprint density at radius 3 is 2.41 bits per heavy atom. The Kier molecular flexibility index (Phi) is 6.36. The van der Waals surface area contributed by atoms with Crippen molar-refractivity contribution in [1.82, 2.24) is 4.98 Å². The van der Waals surface area contributed by atoms with Gasteiger partial charge in [0.2, 0.25) is 0 Å². The van der Waals surface area contributed by atoms with Crippen LogP contribution in [0.4, 0.5) is 11.4 Å². The second-order valence-electron chi connectivity index (χ2n) is 6.02. The lowest BCUT2D eigenvalue weighted by atomic mass is 10.2. The molecule has 0 radical (unpaired) electrons. The van der Waals surface area contributed by atoms with Gasteiger partial charge in [0.15, 0.2) is 0 Å². The molecule has 0 aliphatic heterocycles. The highest BCUT2D eigenvalue weighted by atomic mass is 35.5. The maximum absolute atomic E-state index is 13.0. The summed E-state index contributed by atoms with van der Waals surface area (Å²) in [5.41, 5.74) is 1.73. The van der Waals surface area contributed by atoms with Crippen LogP contribution in [-0.2, 0) is 21.3 Å². The molecule has 1 aromatic heterocycles. The van der Waals surface area contributed by atoms with Crippen molar-refractivity contribution in [1.29, 1.82) is 0 Å². The minimum atomic E-state index is -4.00. The van der Waals surface area contributed by atoms with Gasteiger partial charge in [-0.1, -0.05) is 11.6 Å². The Balaban J connectivity index is 1.95. The highest BCUT2D eigenvalue weighted by Crippen LogP contribution is 2.27. The molecule has 0 spiro atoms. The number of carbonyl (C=O) groups is 1. The summed E-state index contributed by atoms with van der Waals surface area (Å²) in [5, 5.41) is 3.58. The number of sulfonamides is 1. The molecule has 150 valence electrons. The van der Waals surface area contributed by atoms with E-state index in [0.717, 1.165) is 5.56 Å². The number of anilines is 2. The molecule has 7 nitrogen and oxygen atoms in total. The molecule has 0 amide bonds. The van der Waals surface area contributed by atoms with Crippen molar-refractivity contribution < 1.29 is 17.9 Å². The largest absolute Gasteiger partial charge is 0.465 e. The van der Waals surface area contributed by atoms with Crippen molar-refractivity contribution in [2.45, 2.75) is 11.4 Å². The number of methoxy groups -OCH3 is 1. The zero-order chi connectivity index (χ0) is 20.9. The fraction of sp³-hybridized carbons (Fsp3) is 0.100. The van der Waals surface area contributed by atoms with Gasteiger partial charge in [-0.3, -0.25) is 9.71 Å². The zero-order valence-corrected chi connectivity index (χ0v) is 17.0. The smallest absolute Gasteiger partial charge is 0.337 e. The maximum atomic E-state index is 13.0. The maximum Gasteiger partial charge on any atom is 0.337 e. The number of hydrogen-bond donors (Lipinski definition) is 2. The predicted octanol–water partition coefficient (Wildman–Crippen LogP) is 3.93. The van der Waals surface area contributed by atoms with E-state index in [-0.39, 0.29) is 10.5 Å². The number of ether oxygens (including phenoxy) is 1. The van der Waals surface area contributed by atoms with E-state index in [0.29, 0.717) is 22.9 Å². The van der Waals surface area contributed by atoms with E-state index in [1.807, 2.05) is 12.1 Å². The molecule has 0 saturated heterocycles. The summed E-state index contributed by atoms with van der Waals surface area (Å²) in [6.45, 7) is 0.379. The molecule has 3 rings (SSSR count). The van der Waals surface area contributed by atoms with Crippen molar-refractivity contribution in [2.75, 3.05) is 17.1 Å². The third-order valence-electron chi connectivity index (χ3n) is 4.02. The van der Waals surface area contributed by atoms with Gasteiger partial charge >= 0.3 is 5.97 Å². The standard InChI is InChI=1S/C20H18ClN3O4S/c1-28-20(25)15-2-7-18(23-13-14-8-10-22-11-9-14)19(12-15)29(26,27)24-17-5-3-16(21)4-6-17/h2-12,23-24H,13H2,1H3. The topological polar surface area (TPSA) is 97.4 Å². The van der Waals surface area contributed by atoms with E-state index < -0.39 is 16.0 Å². The molecular weight excluding hydrogens is 414 g/mol. The molecule has 0 bridgehead atoms. The fourth-order valence-corrected chi connectivity index (χ4v) is 3.96. The SMILES string of the molecule is COC(=O)c1ccc(NCc2ccncc2)c(S(=O)(=O)Nc2ccc(Cl)cc2)c1. The van der Waals surface area contributed by atoms with Gasteiger partial charge in [0, 0.05) is 29.6 Å². The van der Waals surface area contributed by atoms with Gasteiger partial charge in [-0.15, -0.1) is 0 Å². The number of nitrogens with one attached hydrogen (secondary N) is 2. The summed E-state index contributed by atoms with van der Waals surface area (Å²) in [6, 6.07) is 14.2. The predicted molar refractivity (Wildman–Crippen MR) is 112 cm³/mol. The van der Waals surface area contributed by atoms with Gasteiger partial charge in [-0.25, -0.2) is 13.2 Å². The molecule has 0 unspecified atom stereocenters. The van der Waals surface area contributed by atoms with Crippen molar-refractivity contribution in [3.8, 4) is 0 Å². The van der Waals surface area contributed by atoms with Gasteiger partial charge in [-0.05, 0) is 60.2 Å². The van der Waals surface area contributed by atoms with Crippen LogP contribution in [0, 0.1) is 0 Å². The van der Waals surface area contributed by atoms with E-state index in [9.17, 15) is 13.2 Å². The summed E-state index contributed by atoms with van der Waals surface area (Å²) in [6.07, 6.45) is 3.30. The molecule has 1 heterocycles. The quantitative estimate of drug-likeness (QED) is 0.550. The van der Waals surface area contributed by atoms with E-state index in [1.54, 1.807) is 36.7 Å². The van der Waals surface area contributed by atoms with Crippen molar-refractivity contribution >= 4 is 39.0 Å². The van der Waals surface area contributed by atoms with Gasteiger partial charge < -0.3 is 10.1 Å². The number of aromatic nitrogens is 1. The zero-order valence-electron chi connectivity index (χ0n) is 15.4. The first-order valence-electron chi connectivity index (χ1n) is 8.52. The van der Waals surface area contributed by atoms with Crippen LogP contribution in [-0.4, -0.2) is 26.5 Å². The lowest BCUT2D eigenvalue weighted by Crippen LogP contribution is -2.16. The van der Waals surface area contributed by atoms with Crippen LogP contribution in [0.25, 0.3) is 0 Å². The van der Waals surface area contributed by atoms with Gasteiger partial charge in [0.25, 0.3) is 10.0 Å². The third kappa shape index (κ3) is 5.24. The van der Waals surface area contributed by atoms with Crippen LogP contribution in [0.3, 0.4) is 0 Å². The molecule has 0 fully saturated rings. The average molecular weight is 432 g/mol. The van der Waals surface area contributed by atoms with Gasteiger partial charge in [-0.2, -0.15) is 0 Å². The van der Waals surface area contributed by atoms with E-state index in [4.69, 9.17) is 16.3 Å². The Morgan fingerprint density at radius 1 is 1.07 bits per heavy atom. The molecule has 2 N–H and O–H groups in total. The molecule has 2 aromatic carbocycles. The molecule has 3 aromatic rings. The lowest BCUT2D eigenvalue weighted by Gasteiger charge is -2.15. The highest BCUT2D eigenvalue weighted by molar-refractivity contribution is 7.92. The second-order valence-corrected chi connectivity index (χ2v) is 8.11. The van der Waals surface area contributed by atoms with Crippen molar-refractivity contribution in [3.05, 3.63) is 83.1 Å². The average Bonchev–Trinajstić information content (AvgIpc) is 2.74. The minimum Gasteiger partial charge on any atom is -0.465 e. The summed E-state index contributed by atoms with van der Waals surface area (Å²) in [7, 11) is -2.77. The first-order chi connectivity index (χ1) is 13.9. The number of carbonyl (C=O) groups excluding carboxylic acids is 1. The van der Waals surface area contributed by atoms with Gasteiger partial charge in [0.1, 0.15) is 4.90 Å². The Morgan fingerprint density at radius 2 is 1.76 bits per heavy atom. The number of hydrogen-bond acceptors (Lipinski definition) is 6.